The minimum atomic E-state index is -4.09. The Bertz CT molecular complexity index is 746. The number of nitrogens with zero attached hydrogens (tertiary/aromatic N) is 2. The molecule has 0 aliphatic heterocycles. The number of nitrogens with one attached hydrogen (secondary N) is 2. The van der Waals surface area contributed by atoms with Crippen molar-refractivity contribution < 1.29 is 18.3 Å². The van der Waals surface area contributed by atoms with Crippen LogP contribution in [0, 0.1) is 13.8 Å². The van der Waals surface area contributed by atoms with Gasteiger partial charge in [-0.05, 0) is 31.5 Å². The van der Waals surface area contributed by atoms with Gasteiger partial charge in [-0.1, -0.05) is 0 Å². The molecule has 2 aromatic rings. The maximum absolute atomic E-state index is 12.1. The summed E-state index contributed by atoms with van der Waals surface area (Å²) < 4.78 is 26.5. The molecule has 0 aliphatic carbocycles. The molecule has 2 heterocycles. The van der Waals surface area contributed by atoms with Gasteiger partial charge in [-0.2, -0.15) is 13.5 Å². The molecule has 0 fully saturated rings. The molecule has 2 rings (SSSR count). The van der Waals surface area contributed by atoms with Crippen molar-refractivity contribution in [2.24, 2.45) is 0 Å². The molecular formula is C11H12N4O4S. The predicted octanol–water partition coefficient (Wildman–Crippen LogP) is 0.921. The van der Waals surface area contributed by atoms with Crippen molar-refractivity contribution in [3.8, 4) is 0 Å². The van der Waals surface area contributed by atoms with Crippen LogP contribution in [0.5, 0.6) is 0 Å². The van der Waals surface area contributed by atoms with E-state index >= 15 is 0 Å². The molecule has 0 aliphatic rings. The molecule has 20 heavy (non-hydrogen) atoms. The number of anilines is 1. The van der Waals surface area contributed by atoms with E-state index in [0.717, 1.165) is 11.8 Å². The summed E-state index contributed by atoms with van der Waals surface area (Å²) in [7, 11) is -4.09. The van der Waals surface area contributed by atoms with Crippen molar-refractivity contribution in [3.63, 3.8) is 0 Å². The zero-order valence-corrected chi connectivity index (χ0v) is 11.5. The van der Waals surface area contributed by atoms with Crippen LogP contribution in [0.1, 0.15) is 21.6 Å². The lowest BCUT2D eigenvalue weighted by molar-refractivity contribution is 0.0692. The molecule has 3 N–H and O–H groups in total. The fourth-order valence-corrected chi connectivity index (χ4v) is 2.80. The van der Waals surface area contributed by atoms with Gasteiger partial charge in [-0.25, -0.2) is 9.78 Å². The smallest absolute Gasteiger partial charge is 0.340 e. The van der Waals surface area contributed by atoms with Crippen molar-refractivity contribution >= 4 is 21.8 Å². The van der Waals surface area contributed by atoms with E-state index in [1.807, 2.05) is 0 Å². The first-order chi connectivity index (χ1) is 9.29. The molecule has 0 atom stereocenters. The highest BCUT2D eigenvalue weighted by molar-refractivity contribution is 7.92. The van der Waals surface area contributed by atoms with Crippen LogP contribution in [0.2, 0.25) is 0 Å². The summed E-state index contributed by atoms with van der Waals surface area (Å²) in [4.78, 5) is 15.0. The number of aromatic nitrogens is 3. The molecule has 0 radical (unpaired) electrons. The van der Waals surface area contributed by atoms with Crippen LogP contribution in [0.3, 0.4) is 0 Å². The van der Waals surface area contributed by atoms with Gasteiger partial charge in [-0.3, -0.25) is 9.82 Å². The maximum Gasteiger partial charge on any atom is 0.340 e. The third-order valence-corrected chi connectivity index (χ3v) is 3.77. The highest BCUT2D eigenvalue weighted by atomic mass is 32.2. The van der Waals surface area contributed by atoms with Crippen LogP contribution >= 0.6 is 0 Å². The molecule has 0 amide bonds. The number of pyridine rings is 1. The number of aromatic carboxylic acids is 1. The van der Waals surface area contributed by atoms with Crippen LogP contribution in [0.15, 0.2) is 23.4 Å². The number of carboxylic acids is 1. The Hall–Kier alpha value is -2.42. The molecule has 0 spiro atoms. The number of carbonyl (C=O) groups is 1. The third-order valence-electron chi connectivity index (χ3n) is 2.44. The Kier molecular flexibility index (Phi) is 3.45. The normalized spacial score (nSPS) is 11.3. The Labute approximate surface area is 114 Å². The SMILES string of the molecule is Cc1cc(C)nc(NS(=O)(=O)c2[nH]ncc2C(=O)O)c1. The van der Waals surface area contributed by atoms with Gasteiger partial charge < -0.3 is 5.11 Å². The fourth-order valence-electron chi connectivity index (χ4n) is 1.71. The summed E-state index contributed by atoms with van der Waals surface area (Å²) in [6, 6.07) is 3.33. The van der Waals surface area contributed by atoms with E-state index in [1.54, 1.807) is 26.0 Å². The average molecular weight is 296 g/mol. The van der Waals surface area contributed by atoms with E-state index in [2.05, 4.69) is 19.9 Å². The topological polar surface area (TPSA) is 125 Å². The Morgan fingerprint density at radius 1 is 1.35 bits per heavy atom. The van der Waals surface area contributed by atoms with Gasteiger partial charge in [0.2, 0.25) is 0 Å². The van der Waals surface area contributed by atoms with Crippen molar-refractivity contribution in [2.75, 3.05) is 4.72 Å². The van der Waals surface area contributed by atoms with Gasteiger partial charge >= 0.3 is 5.97 Å². The van der Waals surface area contributed by atoms with E-state index in [4.69, 9.17) is 5.11 Å². The van der Waals surface area contributed by atoms with Crippen molar-refractivity contribution in [1.29, 1.82) is 0 Å². The number of carboxylic acid groups (broad SMARTS) is 1. The first-order valence-corrected chi connectivity index (χ1v) is 7.02. The van der Waals surface area contributed by atoms with E-state index < -0.39 is 26.6 Å². The van der Waals surface area contributed by atoms with Crippen LogP contribution < -0.4 is 4.72 Å². The quantitative estimate of drug-likeness (QED) is 0.770. The van der Waals surface area contributed by atoms with Crippen LogP contribution in [-0.4, -0.2) is 34.7 Å². The van der Waals surface area contributed by atoms with Crippen LogP contribution in [0.4, 0.5) is 5.82 Å². The molecule has 0 saturated carbocycles. The van der Waals surface area contributed by atoms with Crippen LogP contribution in [-0.2, 0) is 10.0 Å². The number of rotatable bonds is 4. The summed E-state index contributed by atoms with van der Waals surface area (Å²) >= 11 is 0. The standard InChI is InChI=1S/C11H12N4O4S/c1-6-3-7(2)13-9(4-6)15-20(18,19)10-8(11(16)17)5-12-14-10/h3-5H,1-2H3,(H,12,14)(H,13,15)(H,16,17). The highest BCUT2D eigenvalue weighted by Crippen LogP contribution is 2.17. The number of aryl methyl sites for hydroxylation is 2. The van der Waals surface area contributed by atoms with Gasteiger partial charge in [0.1, 0.15) is 11.4 Å². The molecule has 9 heteroatoms. The van der Waals surface area contributed by atoms with Crippen LogP contribution in [0.25, 0.3) is 0 Å². The number of hydrogen-bond donors (Lipinski definition) is 3. The number of H-pyrrole nitrogens is 1. The van der Waals surface area contributed by atoms with E-state index in [-0.39, 0.29) is 5.82 Å². The summed E-state index contributed by atoms with van der Waals surface area (Å²) in [6.45, 7) is 3.52. The number of aromatic amines is 1. The zero-order chi connectivity index (χ0) is 14.9. The van der Waals surface area contributed by atoms with Crippen molar-refractivity contribution in [1.82, 2.24) is 15.2 Å². The first kappa shape index (κ1) is 14.0. The van der Waals surface area contributed by atoms with Gasteiger partial charge in [0.15, 0.2) is 5.03 Å². The van der Waals surface area contributed by atoms with E-state index in [9.17, 15) is 13.2 Å². The largest absolute Gasteiger partial charge is 0.478 e. The van der Waals surface area contributed by atoms with E-state index in [0.29, 0.717) is 5.69 Å². The molecule has 0 unspecified atom stereocenters. The van der Waals surface area contributed by atoms with Gasteiger partial charge in [0.05, 0.1) is 6.20 Å². The zero-order valence-electron chi connectivity index (χ0n) is 10.7. The Balaban J connectivity index is 2.41. The second-order valence-corrected chi connectivity index (χ2v) is 5.81. The average Bonchev–Trinajstić information content (AvgIpc) is 2.75. The highest BCUT2D eigenvalue weighted by Gasteiger charge is 2.25. The predicted molar refractivity (Wildman–Crippen MR) is 70.1 cm³/mol. The summed E-state index contributed by atoms with van der Waals surface area (Å²) in [5, 5.41) is 14.0. The Morgan fingerprint density at radius 3 is 2.65 bits per heavy atom. The second-order valence-electron chi connectivity index (χ2n) is 4.19. The molecule has 2 aromatic heterocycles. The summed E-state index contributed by atoms with van der Waals surface area (Å²) in [6.07, 6.45) is 0.936. The molecular weight excluding hydrogens is 284 g/mol. The minimum Gasteiger partial charge on any atom is -0.478 e. The molecule has 0 saturated heterocycles. The third kappa shape index (κ3) is 2.77. The first-order valence-electron chi connectivity index (χ1n) is 5.54. The van der Waals surface area contributed by atoms with Gasteiger partial charge in [-0.15, -0.1) is 0 Å². The molecule has 0 aromatic carbocycles. The molecule has 106 valence electrons. The Morgan fingerprint density at radius 2 is 2.05 bits per heavy atom. The van der Waals surface area contributed by atoms with E-state index in [1.165, 1.54) is 0 Å². The minimum absolute atomic E-state index is 0.119. The molecule has 8 nitrogen and oxygen atoms in total. The maximum atomic E-state index is 12.1. The summed E-state index contributed by atoms with van der Waals surface area (Å²) in [5.41, 5.74) is 1.05. The van der Waals surface area contributed by atoms with Crippen molar-refractivity contribution in [2.45, 2.75) is 18.9 Å². The number of sulfonamides is 1. The number of hydrogen-bond acceptors (Lipinski definition) is 5. The van der Waals surface area contributed by atoms with Gasteiger partial charge in [0, 0.05) is 5.69 Å². The molecule has 0 bridgehead atoms. The van der Waals surface area contributed by atoms with Crippen molar-refractivity contribution in [3.05, 3.63) is 35.2 Å². The monoisotopic (exact) mass is 296 g/mol. The lowest BCUT2D eigenvalue weighted by Gasteiger charge is -2.08. The second kappa shape index (κ2) is 4.93. The lowest BCUT2D eigenvalue weighted by Crippen LogP contribution is -2.17. The fraction of sp³-hybridized carbons (Fsp3) is 0.182. The van der Waals surface area contributed by atoms with Gasteiger partial charge in [0.25, 0.3) is 10.0 Å². The lowest BCUT2D eigenvalue weighted by atomic mass is 10.2. The summed E-state index contributed by atoms with van der Waals surface area (Å²) in [5.74, 6) is -1.26.